The van der Waals surface area contributed by atoms with Gasteiger partial charge < -0.3 is 9.84 Å². The number of unbranched alkanes of at least 4 members (excludes halogenated alkanes) is 8. The lowest BCUT2D eigenvalue weighted by atomic mass is 10.0. The minimum Gasteiger partial charge on any atom is -0.445 e. The van der Waals surface area contributed by atoms with Crippen LogP contribution in [-0.2, 0) is 9.53 Å². The second-order valence-electron chi connectivity index (χ2n) is 7.70. The molecule has 1 saturated heterocycles. The summed E-state index contributed by atoms with van der Waals surface area (Å²) in [6, 6.07) is 0.0417. The predicted octanol–water partition coefficient (Wildman–Crippen LogP) is 4.50. The Labute approximate surface area is 148 Å². The Morgan fingerprint density at radius 3 is 2.21 bits per heavy atom. The third kappa shape index (κ3) is 8.48. The number of aliphatic hydroxyl groups excluding tert-OH is 1. The minimum atomic E-state index is -0.141. The fourth-order valence-corrected chi connectivity index (χ4v) is 3.59. The van der Waals surface area contributed by atoms with Crippen LogP contribution in [0, 0.1) is 5.92 Å². The van der Waals surface area contributed by atoms with E-state index in [1.807, 2.05) is 0 Å². The van der Waals surface area contributed by atoms with Gasteiger partial charge in [-0.3, -0.25) is 9.69 Å². The highest BCUT2D eigenvalue weighted by Gasteiger charge is 2.36. The first-order valence-electron chi connectivity index (χ1n) is 10.1. The van der Waals surface area contributed by atoms with Gasteiger partial charge in [0.05, 0.1) is 6.61 Å². The van der Waals surface area contributed by atoms with Crippen LogP contribution in [0.25, 0.3) is 0 Å². The van der Waals surface area contributed by atoms with Crippen LogP contribution in [0.3, 0.4) is 0 Å². The zero-order valence-corrected chi connectivity index (χ0v) is 16.1. The molecule has 24 heavy (non-hydrogen) atoms. The van der Waals surface area contributed by atoms with Crippen LogP contribution in [0.5, 0.6) is 0 Å². The van der Waals surface area contributed by atoms with Gasteiger partial charge in [0.15, 0.2) is 6.23 Å². The summed E-state index contributed by atoms with van der Waals surface area (Å²) in [5.74, 6) is 0.365. The second kappa shape index (κ2) is 12.7. The first-order valence-corrected chi connectivity index (χ1v) is 10.1. The molecule has 0 saturated carbocycles. The summed E-state index contributed by atoms with van der Waals surface area (Å²) in [5.41, 5.74) is 0. The van der Waals surface area contributed by atoms with E-state index in [2.05, 4.69) is 25.7 Å². The van der Waals surface area contributed by atoms with Gasteiger partial charge >= 0.3 is 5.97 Å². The molecule has 142 valence electrons. The number of carbonyl (C=O) groups is 1. The largest absolute Gasteiger partial charge is 0.445 e. The van der Waals surface area contributed by atoms with Gasteiger partial charge in [0.1, 0.15) is 6.54 Å². The lowest BCUT2D eigenvalue weighted by Gasteiger charge is -2.30. The van der Waals surface area contributed by atoms with Crippen molar-refractivity contribution < 1.29 is 14.6 Å². The molecular weight excluding hydrogens is 302 g/mol. The van der Waals surface area contributed by atoms with E-state index in [4.69, 9.17) is 4.74 Å². The van der Waals surface area contributed by atoms with Gasteiger partial charge in [0.25, 0.3) is 0 Å². The average molecular weight is 342 g/mol. The molecule has 0 radical (unpaired) electrons. The van der Waals surface area contributed by atoms with E-state index in [9.17, 15) is 9.90 Å². The number of esters is 1. The van der Waals surface area contributed by atoms with Crippen molar-refractivity contribution in [3.05, 3.63) is 0 Å². The number of carbonyl (C=O) groups excluding carboxylic acids is 1. The van der Waals surface area contributed by atoms with E-state index in [0.29, 0.717) is 12.5 Å². The molecule has 1 fully saturated rings. The molecule has 1 aliphatic heterocycles. The molecule has 1 rings (SSSR count). The number of aliphatic hydroxyl groups is 1. The van der Waals surface area contributed by atoms with E-state index in [1.165, 1.54) is 51.4 Å². The highest BCUT2D eigenvalue weighted by Crippen LogP contribution is 2.24. The van der Waals surface area contributed by atoms with Crippen molar-refractivity contribution in [1.29, 1.82) is 0 Å². The number of nitrogens with zero attached hydrogens (tertiary/aromatic N) is 1. The molecule has 1 N–H and O–H groups in total. The number of ether oxygens (including phenoxy) is 1. The van der Waals surface area contributed by atoms with Crippen LogP contribution in [0.1, 0.15) is 91.4 Å². The second-order valence-corrected chi connectivity index (χ2v) is 7.70. The maximum absolute atomic E-state index is 11.7. The van der Waals surface area contributed by atoms with E-state index in [-0.39, 0.29) is 24.8 Å². The summed E-state index contributed by atoms with van der Waals surface area (Å²) < 4.78 is 5.49. The molecular formula is C20H39NO3. The molecule has 0 amide bonds. The lowest BCUT2D eigenvalue weighted by molar-refractivity contribution is -0.142. The zero-order valence-electron chi connectivity index (χ0n) is 16.1. The topological polar surface area (TPSA) is 49.8 Å². The Hall–Kier alpha value is -0.610. The maximum Gasteiger partial charge on any atom is 0.321 e. The van der Waals surface area contributed by atoms with Gasteiger partial charge in [-0.15, -0.1) is 0 Å². The number of cyclic esters (lactones) is 1. The van der Waals surface area contributed by atoms with Gasteiger partial charge in [-0.2, -0.15) is 0 Å². The van der Waals surface area contributed by atoms with Gasteiger partial charge in [0.2, 0.25) is 0 Å². The molecule has 1 aliphatic rings. The molecule has 0 bridgehead atoms. The van der Waals surface area contributed by atoms with Crippen LogP contribution in [0.4, 0.5) is 0 Å². The average Bonchev–Trinajstić information content (AvgIpc) is 2.91. The quantitative estimate of drug-likeness (QED) is 0.373. The fourth-order valence-electron chi connectivity index (χ4n) is 3.59. The summed E-state index contributed by atoms with van der Waals surface area (Å²) in [7, 11) is 0. The van der Waals surface area contributed by atoms with Crippen molar-refractivity contribution in [2.45, 2.75) is 104 Å². The maximum atomic E-state index is 11.7. The molecule has 0 aromatic carbocycles. The Balaban J connectivity index is 2.21. The Bertz CT molecular complexity index is 333. The Morgan fingerprint density at radius 1 is 1.08 bits per heavy atom. The van der Waals surface area contributed by atoms with Crippen LogP contribution in [-0.4, -0.2) is 41.4 Å². The molecule has 0 aromatic rings. The highest BCUT2D eigenvalue weighted by molar-refractivity contribution is 5.73. The van der Waals surface area contributed by atoms with Crippen LogP contribution in [0.15, 0.2) is 0 Å². The summed E-state index contributed by atoms with van der Waals surface area (Å²) in [6.07, 6.45) is 13.4. The van der Waals surface area contributed by atoms with E-state index < -0.39 is 0 Å². The molecule has 4 heteroatoms. The van der Waals surface area contributed by atoms with Crippen LogP contribution >= 0.6 is 0 Å². The Kier molecular flexibility index (Phi) is 11.4. The van der Waals surface area contributed by atoms with Crippen molar-refractivity contribution >= 4 is 5.97 Å². The third-order valence-electron chi connectivity index (χ3n) is 4.93. The summed E-state index contributed by atoms with van der Waals surface area (Å²) in [4.78, 5) is 13.8. The molecule has 1 heterocycles. The number of hydrogen-bond donors (Lipinski definition) is 1. The van der Waals surface area contributed by atoms with Crippen molar-refractivity contribution in [2.75, 3.05) is 13.2 Å². The van der Waals surface area contributed by atoms with E-state index >= 15 is 0 Å². The third-order valence-corrected chi connectivity index (χ3v) is 4.93. The van der Waals surface area contributed by atoms with E-state index in [0.717, 1.165) is 19.3 Å². The van der Waals surface area contributed by atoms with Gasteiger partial charge in [-0.1, -0.05) is 72.1 Å². The van der Waals surface area contributed by atoms with Crippen molar-refractivity contribution in [3.63, 3.8) is 0 Å². The van der Waals surface area contributed by atoms with Crippen molar-refractivity contribution in [1.82, 2.24) is 4.90 Å². The van der Waals surface area contributed by atoms with E-state index in [1.54, 1.807) is 0 Å². The van der Waals surface area contributed by atoms with Crippen molar-refractivity contribution in [2.24, 2.45) is 5.92 Å². The Morgan fingerprint density at radius 2 is 1.67 bits per heavy atom. The molecule has 0 unspecified atom stereocenters. The first-order chi connectivity index (χ1) is 11.6. The van der Waals surface area contributed by atoms with Crippen molar-refractivity contribution in [3.8, 4) is 0 Å². The molecule has 0 spiro atoms. The monoisotopic (exact) mass is 341 g/mol. The number of hydrogen-bond acceptors (Lipinski definition) is 4. The van der Waals surface area contributed by atoms with Gasteiger partial charge in [-0.25, -0.2) is 0 Å². The first kappa shape index (κ1) is 21.4. The van der Waals surface area contributed by atoms with Crippen LogP contribution < -0.4 is 0 Å². The molecule has 4 nitrogen and oxygen atoms in total. The molecule has 0 aliphatic carbocycles. The van der Waals surface area contributed by atoms with Gasteiger partial charge in [0, 0.05) is 6.04 Å². The standard InChI is InChI=1S/C20H39NO3/c1-4-5-6-7-8-9-10-11-12-13-19-21(15-20(23)24-19)18(16-22)14-17(2)3/h17-19,22H,4-16H2,1-3H3/t18-,19-/m0/s1. The van der Waals surface area contributed by atoms with Crippen LogP contribution in [0.2, 0.25) is 0 Å². The number of rotatable bonds is 14. The highest BCUT2D eigenvalue weighted by atomic mass is 16.6. The minimum absolute atomic E-state index is 0.0417. The molecule has 0 aromatic heterocycles. The zero-order chi connectivity index (χ0) is 17.8. The summed E-state index contributed by atoms with van der Waals surface area (Å²) in [5, 5.41) is 9.66. The van der Waals surface area contributed by atoms with Gasteiger partial charge in [-0.05, 0) is 25.2 Å². The molecule has 2 atom stereocenters. The lowest BCUT2D eigenvalue weighted by Crippen LogP contribution is -2.42. The predicted molar refractivity (Wildman–Crippen MR) is 98.8 cm³/mol. The summed E-state index contributed by atoms with van der Waals surface area (Å²) >= 11 is 0. The summed E-state index contributed by atoms with van der Waals surface area (Å²) in [6.45, 7) is 6.98. The fraction of sp³-hybridized carbons (Fsp3) is 0.950. The normalized spacial score (nSPS) is 19.9. The smallest absolute Gasteiger partial charge is 0.321 e. The SMILES string of the molecule is CCCCCCCCCCC[C@@H]1OC(=O)CN1[C@H](CO)CC(C)C.